The first-order valence-electron chi connectivity index (χ1n) is 7.99. The SMILES string of the molecule is CCCOc1c(I)cc(C(=O)Nc2ccc(CC)cc2)cc1OC. The minimum Gasteiger partial charge on any atom is -0.493 e. The van der Waals surface area contributed by atoms with Crippen LogP contribution in [0, 0.1) is 3.57 Å². The predicted octanol–water partition coefficient (Wildman–Crippen LogP) is 4.90. The number of anilines is 1. The third-order valence-corrected chi connectivity index (χ3v) is 4.36. The average molecular weight is 439 g/mol. The van der Waals surface area contributed by atoms with Gasteiger partial charge in [0.2, 0.25) is 0 Å². The van der Waals surface area contributed by atoms with Gasteiger partial charge in [-0.1, -0.05) is 26.0 Å². The Morgan fingerprint density at radius 3 is 2.46 bits per heavy atom. The van der Waals surface area contributed by atoms with Gasteiger partial charge in [-0.15, -0.1) is 0 Å². The predicted molar refractivity (Wildman–Crippen MR) is 105 cm³/mol. The number of aryl methyl sites for hydroxylation is 1. The van der Waals surface area contributed by atoms with E-state index >= 15 is 0 Å². The molecule has 0 radical (unpaired) electrons. The molecule has 0 unspecified atom stereocenters. The van der Waals surface area contributed by atoms with E-state index in [0.29, 0.717) is 23.7 Å². The summed E-state index contributed by atoms with van der Waals surface area (Å²) >= 11 is 2.16. The largest absolute Gasteiger partial charge is 0.493 e. The van der Waals surface area contributed by atoms with E-state index in [2.05, 4.69) is 34.8 Å². The molecule has 0 aliphatic heterocycles. The van der Waals surface area contributed by atoms with Crippen molar-refractivity contribution in [1.29, 1.82) is 0 Å². The zero-order chi connectivity index (χ0) is 17.5. The molecule has 2 aromatic rings. The third kappa shape index (κ3) is 4.63. The van der Waals surface area contributed by atoms with Crippen LogP contribution >= 0.6 is 22.6 Å². The van der Waals surface area contributed by atoms with E-state index in [4.69, 9.17) is 9.47 Å². The van der Waals surface area contributed by atoms with Crippen molar-refractivity contribution in [2.75, 3.05) is 19.0 Å². The summed E-state index contributed by atoms with van der Waals surface area (Å²) in [5.41, 5.74) is 2.55. The van der Waals surface area contributed by atoms with Crippen LogP contribution in [0.2, 0.25) is 0 Å². The maximum Gasteiger partial charge on any atom is 0.255 e. The molecule has 0 heterocycles. The molecule has 0 bridgehead atoms. The average Bonchev–Trinajstić information content (AvgIpc) is 2.60. The monoisotopic (exact) mass is 439 g/mol. The van der Waals surface area contributed by atoms with Crippen LogP contribution in [0.5, 0.6) is 11.5 Å². The molecule has 4 nitrogen and oxygen atoms in total. The van der Waals surface area contributed by atoms with E-state index in [1.165, 1.54) is 5.56 Å². The fourth-order valence-corrected chi connectivity index (χ4v) is 2.98. The Labute approximate surface area is 156 Å². The van der Waals surface area contributed by atoms with Crippen LogP contribution in [0.15, 0.2) is 36.4 Å². The van der Waals surface area contributed by atoms with Gasteiger partial charge in [0.1, 0.15) is 0 Å². The molecular weight excluding hydrogens is 417 g/mol. The second-order valence-electron chi connectivity index (χ2n) is 5.34. The fourth-order valence-electron chi connectivity index (χ4n) is 2.22. The first kappa shape index (κ1) is 18.6. The molecule has 0 aromatic heterocycles. The van der Waals surface area contributed by atoms with Crippen LogP contribution < -0.4 is 14.8 Å². The van der Waals surface area contributed by atoms with Crippen LogP contribution in [0.3, 0.4) is 0 Å². The maximum atomic E-state index is 12.5. The highest BCUT2D eigenvalue weighted by molar-refractivity contribution is 14.1. The van der Waals surface area contributed by atoms with E-state index in [9.17, 15) is 4.79 Å². The van der Waals surface area contributed by atoms with Gasteiger partial charge in [-0.25, -0.2) is 0 Å². The van der Waals surface area contributed by atoms with Crippen molar-refractivity contribution in [3.63, 3.8) is 0 Å². The second kappa shape index (κ2) is 8.92. The van der Waals surface area contributed by atoms with Crippen LogP contribution in [0.25, 0.3) is 0 Å². The molecule has 24 heavy (non-hydrogen) atoms. The summed E-state index contributed by atoms with van der Waals surface area (Å²) in [6.45, 7) is 4.76. The summed E-state index contributed by atoms with van der Waals surface area (Å²) in [5.74, 6) is 1.09. The van der Waals surface area contributed by atoms with E-state index in [0.717, 1.165) is 22.1 Å². The first-order chi connectivity index (χ1) is 11.6. The van der Waals surface area contributed by atoms with Crippen LogP contribution in [0.1, 0.15) is 36.2 Å². The number of rotatable bonds is 7. The van der Waals surface area contributed by atoms with Gasteiger partial charge in [0.25, 0.3) is 5.91 Å². The summed E-state index contributed by atoms with van der Waals surface area (Å²) in [4.78, 5) is 12.5. The summed E-state index contributed by atoms with van der Waals surface area (Å²) in [6, 6.07) is 11.4. The van der Waals surface area contributed by atoms with Gasteiger partial charge in [-0.2, -0.15) is 0 Å². The Balaban J connectivity index is 2.20. The Hall–Kier alpha value is -1.76. The molecule has 2 rings (SSSR count). The zero-order valence-electron chi connectivity index (χ0n) is 14.2. The van der Waals surface area contributed by atoms with Gasteiger partial charge in [0.05, 0.1) is 17.3 Å². The molecule has 1 amide bonds. The lowest BCUT2D eigenvalue weighted by Gasteiger charge is -2.14. The number of ether oxygens (including phenoxy) is 2. The molecule has 0 aliphatic rings. The Morgan fingerprint density at radius 2 is 1.88 bits per heavy atom. The number of hydrogen-bond acceptors (Lipinski definition) is 3. The van der Waals surface area contributed by atoms with Crippen LogP contribution in [-0.4, -0.2) is 19.6 Å². The van der Waals surface area contributed by atoms with Gasteiger partial charge >= 0.3 is 0 Å². The van der Waals surface area contributed by atoms with Crippen molar-refractivity contribution in [1.82, 2.24) is 0 Å². The molecular formula is C19H22INO3. The summed E-state index contributed by atoms with van der Waals surface area (Å²) < 4.78 is 12.0. The Kier molecular flexibility index (Phi) is 6.90. The molecule has 128 valence electrons. The molecule has 1 N–H and O–H groups in total. The molecule has 2 aromatic carbocycles. The van der Waals surface area contributed by atoms with Crippen molar-refractivity contribution in [3.05, 3.63) is 51.1 Å². The zero-order valence-corrected chi connectivity index (χ0v) is 16.3. The number of carbonyl (C=O) groups excluding carboxylic acids is 1. The summed E-state index contributed by atoms with van der Waals surface area (Å²) in [5, 5.41) is 2.91. The number of halogens is 1. The molecule has 0 fully saturated rings. The smallest absolute Gasteiger partial charge is 0.255 e. The van der Waals surface area contributed by atoms with E-state index in [1.54, 1.807) is 13.2 Å². The third-order valence-electron chi connectivity index (χ3n) is 3.56. The van der Waals surface area contributed by atoms with E-state index in [-0.39, 0.29) is 5.91 Å². The van der Waals surface area contributed by atoms with Crippen molar-refractivity contribution in [2.24, 2.45) is 0 Å². The van der Waals surface area contributed by atoms with Crippen LogP contribution in [-0.2, 0) is 6.42 Å². The van der Waals surface area contributed by atoms with Crippen LogP contribution in [0.4, 0.5) is 5.69 Å². The lowest BCUT2D eigenvalue weighted by Crippen LogP contribution is -2.13. The highest BCUT2D eigenvalue weighted by atomic mass is 127. The van der Waals surface area contributed by atoms with Gasteiger partial charge in [-0.05, 0) is 65.3 Å². The topological polar surface area (TPSA) is 47.6 Å². The molecule has 0 saturated heterocycles. The first-order valence-corrected chi connectivity index (χ1v) is 9.07. The highest BCUT2D eigenvalue weighted by Gasteiger charge is 2.15. The highest BCUT2D eigenvalue weighted by Crippen LogP contribution is 2.34. The number of nitrogens with one attached hydrogen (secondary N) is 1. The number of benzene rings is 2. The quantitative estimate of drug-likeness (QED) is 0.625. The van der Waals surface area contributed by atoms with E-state index in [1.807, 2.05) is 37.3 Å². The molecule has 0 atom stereocenters. The van der Waals surface area contributed by atoms with Gasteiger partial charge in [0, 0.05) is 11.3 Å². The Bertz CT molecular complexity index is 699. The normalized spacial score (nSPS) is 10.3. The van der Waals surface area contributed by atoms with Gasteiger partial charge < -0.3 is 14.8 Å². The van der Waals surface area contributed by atoms with Crippen molar-refractivity contribution in [3.8, 4) is 11.5 Å². The number of hydrogen-bond donors (Lipinski definition) is 1. The lowest BCUT2D eigenvalue weighted by atomic mass is 10.1. The van der Waals surface area contributed by atoms with E-state index < -0.39 is 0 Å². The molecule has 5 heteroatoms. The van der Waals surface area contributed by atoms with Crippen molar-refractivity contribution >= 4 is 34.2 Å². The summed E-state index contributed by atoms with van der Waals surface area (Å²) in [7, 11) is 1.58. The number of methoxy groups -OCH3 is 1. The second-order valence-corrected chi connectivity index (χ2v) is 6.50. The minimum absolute atomic E-state index is 0.169. The standard InChI is InChI=1S/C19H22INO3/c1-4-10-24-18-16(20)11-14(12-17(18)23-3)19(22)21-15-8-6-13(5-2)7-9-15/h6-9,11-12H,4-5,10H2,1-3H3,(H,21,22). The minimum atomic E-state index is -0.169. The molecule has 0 saturated carbocycles. The maximum absolute atomic E-state index is 12.5. The number of carbonyl (C=O) groups is 1. The van der Waals surface area contributed by atoms with Crippen molar-refractivity contribution in [2.45, 2.75) is 26.7 Å². The van der Waals surface area contributed by atoms with Crippen molar-refractivity contribution < 1.29 is 14.3 Å². The lowest BCUT2D eigenvalue weighted by molar-refractivity contribution is 0.102. The van der Waals surface area contributed by atoms with Gasteiger partial charge in [0.15, 0.2) is 11.5 Å². The molecule has 0 aliphatic carbocycles. The number of amides is 1. The van der Waals surface area contributed by atoms with Gasteiger partial charge in [-0.3, -0.25) is 4.79 Å². The fraction of sp³-hybridized carbons (Fsp3) is 0.316. The molecule has 0 spiro atoms. The summed E-state index contributed by atoms with van der Waals surface area (Å²) in [6.07, 6.45) is 1.89. The Morgan fingerprint density at radius 1 is 1.17 bits per heavy atom.